The molecule has 3 heterocycles. The van der Waals surface area contributed by atoms with E-state index in [2.05, 4.69) is 17.1 Å². The summed E-state index contributed by atoms with van der Waals surface area (Å²) in [6, 6.07) is 0. The lowest BCUT2D eigenvalue weighted by atomic mass is 9.86. The Bertz CT molecular complexity index is 400. The Morgan fingerprint density at radius 1 is 1.25 bits per heavy atom. The summed E-state index contributed by atoms with van der Waals surface area (Å²) in [5.74, 6) is 1.15. The van der Waals surface area contributed by atoms with Gasteiger partial charge in [-0.15, -0.1) is 0 Å². The second kappa shape index (κ2) is 3.53. The second-order valence-electron chi connectivity index (χ2n) is 4.90. The van der Waals surface area contributed by atoms with Crippen LogP contribution in [0.4, 0.5) is 0 Å². The molecule has 2 fully saturated rings. The van der Waals surface area contributed by atoms with Gasteiger partial charge in [0.15, 0.2) is 0 Å². The van der Waals surface area contributed by atoms with Crippen LogP contribution in [0.25, 0.3) is 0 Å². The Balaban J connectivity index is 1.60. The lowest BCUT2D eigenvalue weighted by Crippen LogP contribution is -2.32. The van der Waals surface area contributed by atoms with Crippen molar-refractivity contribution in [3.63, 3.8) is 0 Å². The van der Waals surface area contributed by atoms with Crippen LogP contribution >= 0.6 is 0 Å². The van der Waals surface area contributed by atoms with Gasteiger partial charge in [-0.2, -0.15) is 0 Å². The zero-order valence-electron chi connectivity index (χ0n) is 8.95. The summed E-state index contributed by atoms with van der Waals surface area (Å²) in [6.07, 6.45) is 4.79. The first-order valence-corrected chi connectivity index (χ1v) is 7.31. The minimum Gasteiger partial charge on any atom is -0.366 e. The molecule has 6 heteroatoms. The zero-order valence-corrected chi connectivity index (χ0v) is 9.77. The Morgan fingerprint density at radius 3 is 2.31 bits per heavy atom. The third kappa shape index (κ3) is 1.79. The Labute approximate surface area is 95.3 Å². The predicted octanol–water partition coefficient (Wildman–Crippen LogP) is -0.840. The van der Waals surface area contributed by atoms with Gasteiger partial charge in [0, 0.05) is 31.5 Å². The summed E-state index contributed by atoms with van der Waals surface area (Å²) in [6.45, 7) is 2.42. The topological polar surface area (TPSA) is 72.6 Å². The number of hydrogen-bond donors (Lipinski definition) is 1. The van der Waals surface area contributed by atoms with Crippen molar-refractivity contribution in [1.29, 1.82) is 0 Å². The summed E-state index contributed by atoms with van der Waals surface area (Å²) in [4.78, 5) is 2.19. The smallest absolute Gasteiger partial charge is 0.210 e. The standard InChI is InChI=1S/C10H16N2O3S/c11-16(13,14)4-3-12-5-7-8(6-12)10-2-1-9(7)15-10/h1-2,7-10H,3-6H2,(H2,11,13,14). The van der Waals surface area contributed by atoms with Crippen LogP contribution in [0.15, 0.2) is 12.2 Å². The molecule has 0 aromatic carbocycles. The number of fused-ring (bicyclic) bond motifs is 5. The van der Waals surface area contributed by atoms with Crippen molar-refractivity contribution >= 4 is 10.0 Å². The summed E-state index contributed by atoms with van der Waals surface area (Å²) < 4.78 is 27.5. The van der Waals surface area contributed by atoms with Crippen LogP contribution in [0.2, 0.25) is 0 Å². The number of rotatable bonds is 3. The molecular weight excluding hydrogens is 228 g/mol. The number of ether oxygens (including phenoxy) is 1. The van der Waals surface area contributed by atoms with E-state index in [4.69, 9.17) is 9.88 Å². The fourth-order valence-corrected chi connectivity index (χ4v) is 3.57. The van der Waals surface area contributed by atoms with Gasteiger partial charge in [0.05, 0.1) is 18.0 Å². The molecule has 3 aliphatic rings. The van der Waals surface area contributed by atoms with Crippen LogP contribution in [0.5, 0.6) is 0 Å². The van der Waals surface area contributed by atoms with Gasteiger partial charge in [-0.3, -0.25) is 0 Å². The van der Waals surface area contributed by atoms with E-state index < -0.39 is 10.0 Å². The molecule has 0 aliphatic carbocycles. The second-order valence-corrected chi connectivity index (χ2v) is 6.64. The van der Waals surface area contributed by atoms with Gasteiger partial charge in [0.25, 0.3) is 0 Å². The molecule has 0 aromatic heterocycles. The van der Waals surface area contributed by atoms with E-state index in [1.165, 1.54) is 0 Å². The van der Waals surface area contributed by atoms with Crippen molar-refractivity contribution in [3.05, 3.63) is 12.2 Å². The highest BCUT2D eigenvalue weighted by Gasteiger charge is 2.50. The van der Waals surface area contributed by atoms with Gasteiger partial charge in [-0.05, 0) is 0 Å². The molecule has 2 saturated heterocycles. The van der Waals surface area contributed by atoms with Crippen molar-refractivity contribution in [2.75, 3.05) is 25.4 Å². The highest BCUT2D eigenvalue weighted by molar-refractivity contribution is 7.89. The summed E-state index contributed by atoms with van der Waals surface area (Å²) in [5.41, 5.74) is 0. The first-order chi connectivity index (χ1) is 7.53. The maximum absolute atomic E-state index is 10.9. The highest BCUT2D eigenvalue weighted by atomic mass is 32.2. The molecule has 4 unspecified atom stereocenters. The maximum atomic E-state index is 10.9. The number of primary sulfonamides is 1. The number of hydrogen-bond acceptors (Lipinski definition) is 4. The van der Waals surface area contributed by atoms with Crippen LogP contribution in [0.3, 0.4) is 0 Å². The van der Waals surface area contributed by atoms with Gasteiger partial charge in [-0.1, -0.05) is 12.2 Å². The van der Waals surface area contributed by atoms with Crippen molar-refractivity contribution in [2.45, 2.75) is 12.2 Å². The van der Waals surface area contributed by atoms with Crippen LogP contribution in [0, 0.1) is 11.8 Å². The van der Waals surface area contributed by atoms with E-state index in [-0.39, 0.29) is 18.0 Å². The molecule has 5 nitrogen and oxygen atoms in total. The van der Waals surface area contributed by atoms with Crippen molar-refractivity contribution in [3.8, 4) is 0 Å². The SMILES string of the molecule is NS(=O)(=O)CCN1CC2C3C=CC(O3)C2C1. The van der Waals surface area contributed by atoms with Gasteiger partial charge < -0.3 is 9.64 Å². The Kier molecular flexibility index (Phi) is 2.36. The molecule has 0 aromatic rings. The van der Waals surface area contributed by atoms with Crippen LogP contribution in [-0.2, 0) is 14.8 Å². The molecule has 0 spiro atoms. The van der Waals surface area contributed by atoms with E-state index in [1.807, 2.05) is 0 Å². The maximum Gasteiger partial charge on any atom is 0.210 e. The highest BCUT2D eigenvalue weighted by Crippen LogP contribution is 2.43. The number of nitrogens with two attached hydrogens (primary N) is 1. The van der Waals surface area contributed by atoms with Gasteiger partial charge in [0.1, 0.15) is 0 Å². The molecule has 4 atom stereocenters. The number of nitrogens with zero attached hydrogens (tertiary/aromatic N) is 1. The Hall–Kier alpha value is -0.430. The largest absolute Gasteiger partial charge is 0.366 e. The zero-order chi connectivity index (χ0) is 11.3. The summed E-state index contributed by atoms with van der Waals surface area (Å²) in [7, 11) is -3.34. The Morgan fingerprint density at radius 2 is 1.81 bits per heavy atom. The first-order valence-electron chi connectivity index (χ1n) is 5.59. The molecule has 2 N–H and O–H groups in total. The molecule has 3 aliphatic heterocycles. The van der Waals surface area contributed by atoms with E-state index in [0.29, 0.717) is 18.4 Å². The van der Waals surface area contributed by atoms with E-state index >= 15 is 0 Å². The fraction of sp³-hybridized carbons (Fsp3) is 0.800. The van der Waals surface area contributed by atoms with Gasteiger partial charge in [0.2, 0.25) is 10.0 Å². The van der Waals surface area contributed by atoms with Crippen LogP contribution < -0.4 is 5.14 Å². The summed E-state index contributed by atoms with van der Waals surface area (Å²) in [5, 5.41) is 5.00. The van der Waals surface area contributed by atoms with E-state index in [0.717, 1.165) is 13.1 Å². The number of likely N-dealkylation sites (tertiary alicyclic amines) is 1. The van der Waals surface area contributed by atoms with Crippen LogP contribution in [0.1, 0.15) is 0 Å². The third-order valence-electron chi connectivity index (χ3n) is 3.83. The first kappa shape index (κ1) is 10.7. The van der Waals surface area contributed by atoms with Gasteiger partial charge in [-0.25, -0.2) is 13.6 Å². The fourth-order valence-electron chi connectivity index (χ4n) is 3.05. The monoisotopic (exact) mass is 244 g/mol. The molecular formula is C10H16N2O3S. The molecule has 3 rings (SSSR count). The van der Waals surface area contributed by atoms with Crippen LogP contribution in [-0.4, -0.2) is 50.9 Å². The summed E-state index contributed by atoms with van der Waals surface area (Å²) >= 11 is 0. The molecule has 16 heavy (non-hydrogen) atoms. The molecule has 0 saturated carbocycles. The minimum absolute atomic E-state index is 0.0516. The van der Waals surface area contributed by atoms with Gasteiger partial charge >= 0.3 is 0 Å². The third-order valence-corrected chi connectivity index (χ3v) is 4.58. The quantitative estimate of drug-likeness (QED) is 0.657. The average Bonchev–Trinajstić information content (AvgIpc) is 2.85. The minimum atomic E-state index is -3.34. The normalized spacial score (nSPS) is 41.8. The van der Waals surface area contributed by atoms with Crippen molar-refractivity contribution in [2.24, 2.45) is 17.0 Å². The average molecular weight is 244 g/mol. The van der Waals surface area contributed by atoms with Crippen molar-refractivity contribution < 1.29 is 13.2 Å². The van der Waals surface area contributed by atoms with E-state index in [9.17, 15) is 8.42 Å². The molecule has 0 amide bonds. The predicted molar refractivity (Wildman–Crippen MR) is 59.2 cm³/mol. The van der Waals surface area contributed by atoms with E-state index in [1.54, 1.807) is 0 Å². The van der Waals surface area contributed by atoms with Crippen molar-refractivity contribution in [1.82, 2.24) is 4.90 Å². The molecule has 0 radical (unpaired) electrons. The lowest BCUT2D eigenvalue weighted by Gasteiger charge is -2.17. The molecule has 90 valence electrons. The molecule has 2 bridgehead atoms. The number of sulfonamides is 1. The lowest BCUT2D eigenvalue weighted by molar-refractivity contribution is 0.0858.